The van der Waals surface area contributed by atoms with Crippen LogP contribution in [0.25, 0.3) is 10.8 Å². The second-order valence-electron chi connectivity index (χ2n) is 8.92. The Morgan fingerprint density at radius 3 is 2.52 bits per heavy atom. The van der Waals surface area contributed by atoms with Crippen molar-refractivity contribution in [1.82, 2.24) is 0 Å². The largest absolute Gasteiger partial charge is 0.506 e. The fourth-order valence-electron chi connectivity index (χ4n) is 4.48. The zero-order chi connectivity index (χ0) is 21.2. The molecule has 0 saturated heterocycles. The number of nitrogens with zero attached hydrogens (tertiary/aromatic N) is 1. The van der Waals surface area contributed by atoms with Crippen LogP contribution in [-0.2, 0) is 10.2 Å². The average Bonchev–Trinajstić information content (AvgIpc) is 2.68. The molecule has 3 rings (SSSR count). The summed E-state index contributed by atoms with van der Waals surface area (Å²) < 4.78 is 7.56. The molecule has 1 N–H and O–H groups in total. The van der Waals surface area contributed by atoms with Gasteiger partial charge in [0.15, 0.2) is 18.2 Å². The summed E-state index contributed by atoms with van der Waals surface area (Å²) in [6.07, 6.45) is 8.11. The topological polar surface area (TPSA) is 32.5 Å². The number of hydrogen-bond donors (Lipinski definition) is 1. The number of aliphatic hydroxyl groups is 1. The maximum Gasteiger partial charge on any atom is 0.220 e. The Morgan fingerprint density at radius 2 is 1.93 bits per heavy atom. The Morgan fingerprint density at radius 1 is 1.24 bits per heavy atom. The van der Waals surface area contributed by atoms with Crippen molar-refractivity contribution in [3.63, 3.8) is 0 Å². The number of hydrogen-bond acceptors (Lipinski definition) is 2. The van der Waals surface area contributed by atoms with Gasteiger partial charge in [-0.2, -0.15) is 4.58 Å². The molecule has 0 aliphatic carbocycles. The summed E-state index contributed by atoms with van der Waals surface area (Å²) in [7, 11) is 1.73. The third kappa shape index (κ3) is 4.16. The van der Waals surface area contributed by atoms with E-state index in [9.17, 15) is 5.11 Å². The molecule has 1 aliphatic rings. The molecule has 3 nitrogen and oxygen atoms in total. The van der Waals surface area contributed by atoms with Gasteiger partial charge in [0.05, 0.1) is 5.92 Å². The van der Waals surface area contributed by atoms with Gasteiger partial charge < -0.3 is 9.84 Å². The minimum Gasteiger partial charge on any atom is -0.506 e. The highest BCUT2D eigenvalue weighted by atomic mass is 16.5. The molecule has 1 heterocycles. The first kappa shape index (κ1) is 21.3. The molecule has 0 spiro atoms. The molecule has 0 aromatic heterocycles. The minimum absolute atomic E-state index is 0.0337. The summed E-state index contributed by atoms with van der Waals surface area (Å²) in [5.41, 5.74) is 3.88. The van der Waals surface area contributed by atoms with Crippen LogP contribution in [0.4, 0.5) is 0 Å². The van der Waals surface area contributed by atoms with Crippen molar-refractivity contribution in [2.24, 2.45) is 0 Å². The van der Waals surface area contributed by atoms with Crippen molar-refractivity contribution in [2.75, 3.05) is 13.7 Å². The predicted molar refractivity (Wildman–Crippen MR) is 122 cm³/mol. The lowest BCUT2D eigenvalue weighted by molar-refractivity contribution is -0.496. The van der Waals surface area contributed by atoms with E-state index in [-0.39, 0.29) is 23.1 Å². The Labute approximate surface area is 175 Å². The van der Waals surface area contributed by atoms with Gasteiger partial charge in [-0.1, -0.05) is 58.5 Å². The third-order valence-corrected chi connectivity index (χ3v) is 5.78. The van der Waals surface area contributed by atoms with Gasteiger partial charge in [0.25, 0.3) is 0 Å². The van der Waals surface area contributed by atoms with Crippen LogP contribution >= 0.6 is 0 Å². The van der Waals surface area contributed by atoms with Crippen LogP contribution in [0.15, 0.2) is 54.9 Å². The lowest BCUT2D eigenvalue weighted by atomic mass is 9.75. The lowest BCUT2D eigenvalue weighted by Gasteiger charge is -2.31. The van der Waals surface area contributed by atoms with Crippen molar-refractivity contribution in [3.8, 4) is 0 Å². The van der Waals surface area contributed by atoms with Crippen molar-refractivity contribution in [3.05, 3.63) is 71.6 Å². The fraction of sp³-hybridized carbons (Fsp3) is 0.423. The molecule has 2 unspecified atom stereocenters. The van der Waals surface area contributed by atoms with Gasteiger partial charge in [-0.25, -0.2) is 0 Å². The number of aliphatic hydroxyl groups excluding tert-OH is 1. The predicted octanol–water partition coefficient (Wildman–Crippen LogP) is 6.07. The summed E-state index contributed by atoms with van der Waals surface area (Å²) in [5.74, 6) is 0.283. The quantitative estimate of drug-likeness (QED) is 0.478. The molecule has 0 radical (unpaired) electrons. The van der Waals surface area contributed by atoms with Gasteiger partial charge in [-0.15, -0.1) is 0 Å². The fourth-order valence-corrected chi connectivity index (χ4v) is 4.48. The molecule has 2 atom stereocenters. The van der Waals surface area contributed by atoms with Crippen LogP contribution in [0.1, 0.15) is 63.1 Å². The van der Waals surface area contributed by atoms with E-state index in [1.54, 1.807) is 7.11 Å². The van der Waals surface area contributed by atoms with Gasteiger partial charge in [-0.3, -0.25) is 0 Å². The van der Waals surface area contributed by atoms with E-state index in [2.05, 4.69) is 87.7 Å². The normalized spacial score (nSPS) is 19.4. The number of methoxy groups -OCH3 is 1. The van der Waals surface area contributed by atoms with E-state index in [1.165, 1.54) is 27.5 Å². The van der Waals surface area contributed by atoms with Crippen LogP contribution in [0.3, 0.4) is 0 Å². The highest BCUT2D eigenvalue weighted by molar-refractivity contribution is 5.97. The molecule has 2 aromatic carbocycles. The number of benzene rings is 2. The molecule has 0 saturated carbocycles. The first-order valence-corrected chi connectivity index (χ1v) is 10.5. The second kappa shape index (κ2) is 8.54. The Bertz CT molecular complexity index is 963. The van der Waals surface area contributed by atoms with E-state index in [0.29, 0.717) is 6.61 Å². The molecule has 0 bridgehead atoms. The zero-order valence-corrected chi connectivity index (χ0v) is 18.4. The standard InChI is InChI=1S/C26H33NO2/c1-7-8-14-27-17-19-16-23(26(3,4)5)20-11-9-10-12-21(20)24(19)22(13-15-29-6)25(27)18(2)28/h8-12,14,16-17,22,25H,2,7,13,15H2,1,3-6H3/p+1/b14-8-. The molecule has 0 fully saturated rings. The highest BCUT2D eigenvalue weighted by Gasteiger charge is 2.40. The Kier molecular flexibility index (Phi) is 6.28. The average molecular weight is 393 g/mol. The van der Waals surface area contributed by atoms with Gasteiger partial charge in [0, 0.05) is 19.3 Å². The molecule has 2 aromatic rings. The molecule has 1 aliphatic heterocycles. The first-order chi connectivity index (χ1) is 13.8. The number of allylic oxidation sites excluding steroid dienone is 1. The minimum atomic E-state index is -0.204. The summed E-state index contributed by atoms with van der Waals surface area (Å²) in [5, 5.41) is 13.1. The zero-order valence-electron chi connectivity index (χ0n) is 18.4. The maximum atomic E-state index is 10.6. The molecule has 154 valence electrons. The van der Waals surface area contributed by atoms with E-state index in [4.69, 9.17) is 4.74 Å². The third-order valence-electron chi connectivity index (χ3n) is 5.78. The van der Waals surface area contributed by atoms with E-state index < -0.39 is 0 Å². The van der Waals surface area contributed by atoms with Crippen molar-refractivity contribution < 1.29 is 14.4 Å². The van der Waals surface area contributed by atoms with Crippen molar-refractivity contribution >= 4 is 17.0 Å². The summed E-state index contributed by atoms with van der Waals surface area (Å²) in [6.45, 7) is 13.5. The molecular formula is C26H34NO2+. The summed E-state index contributed by atoms with van der Waals surface area (Å²) >= 11 is 0. The highest BCUT2D eigenvalue weighted by Crippen LogP contribution is 2.42. The lowest BCUT2D eigenvalue weighted by Crippen LogP contribution is -2.37. The maximum absolute atomic E-state index is 10.6. The monoisotopic (exact) mass is 392 g/mol. The first-order valence-electron chi connectivity index (χ1n) is 10.5. The Hall–Kier alpha value is -2.39. The number of ether oxygens (including phenoxy) is 1. The van der Waals surface area contributed by atoms with Crippen LogP contribution < -0.4 is 0 Å². The summed E-state index contributed by atoms with van der Waals surface area (Å²) in [4.78, 5) is 0. The second-order valence-corrected chi connectivity index (χ2v) is 8.92. The van der Waals surface area contributed by atoms with E-state index in [0.717, 1.165) is 12.8 Å². The SMILES string of the molecule is C=C(O)C1C(CCOC)c2c(cc(C(C)(C)C)c3ccccc23)C=[N+]1/C=C\CC. The van der Waals surface area contributed by atoms with Crippen molar-refractivity contribution in [2.45, 2.75) is 57.9 Å². The van der Waals surface area contributed by atoms with Gasteiger partial charge in [-0.05, 0) is 52.3 Å². The molecular weight excluding hydrogens is 358 g/mol. The van der Waals surface area contributed by atoms with Gasteiger partial charge in [0.2, 0.25) is 6.04 Å². The smallest absolute Gasteiger partial charge is 0.220 e. The molecule has 29 heavy (non-hydrogen) atoms. The van der Waals surface area contributed by atoms with Crippen LogP contribution in [-0.4, -0.2) is 35.7 Å². The molecule has 3 heteroatoms. The van der Waals surface area contributed by atoms with Crippen LogP contribution in [0.2, 0.25) is 0 Å². The van der Waals surface area contributed by atoms with Gasteiger partial charge in [0.1, 0.15) is 0 Å². The molecule has 0 amide bonds. The van der Waals surface area contributed by atoms with E-state index >= 15 is 0 Å². The number of rotatable bonds is 6. The van der Waals surface area contributed by atoms with Crippen LogP contribution in [0, 0.1) is 0 Å². The van der Waals surface area contributed by atoms with Crippen molar-refractivity contribution in [1.29, 1.82) is 0 Å². The van der Waals surface area contributed by atoms with Gasteiger partial charge >= 0.3 is 0 Å². The summed E-state index contributed by atoms with van der Waals surface area (Å²) in [6, 6.07) is 10.8. The van der Waals surface area contributed by atoms with E-state index in [1.807, 2.05) is 0 Å². The van der Waals surface area contributed by atoms with Crippen LogP contribution in [0.5, 0.6) is 0 Å². The number of fused-ring (bicyclic) bond motifs is 3. The Balaban J connectivity index is 2.36.